The Balaban J connectivity index is 3.46. The molecule has 5 heteroatoms. The van der Waals surface area contributed by atoms with Gasteiger partial charge in [-0.15, -0.1) is 0 Å². The van der Waals surface area contributed by atoms with Crippen LogP contribution in [0.15, 0.2) is 11.6 Å². The van der Waals surface area contributed by atoms with E-state index in [0.717, 1.165) is 13.0 Å². The van der Waals surface area contributed by atoms with Crippen molar-refractivity contribution in [2.24, 2.45) is 0 Å². The number of hydrogen-bond donors (Lipinski definition) is 1. The Labute approximate surface area is 95.3 Å². The topological polar surface area (TPSA) is 79.5 Å². The molecule has 0 rings (SSSR count). The molecule has 0 spiro atoms. The average molecular weight is 227 g/mol. The standard InChI is InChI=1S/C11H17NO4/c1-2-5-15-7-8-16-6-3-4-10(9-12)11(13)14/h4H,2-3,5-8H2,1H3,(H,13,14). The zero-order valence-electron chi connectivity index (χ0n) is 9.44. The minimum Gasteiger partial charge on any atom is -0.477 e. The maximum atomic E-state index is 10.4. The highest BCUT2D eigenvalue weighted by Gasteiger charge is 2.03. The third-order valence-corrected chi connectivity index (χ3v) is 1.68. The van der Waals surface area contributed by atoms with Crippen LogP contribution in [0.1, 0.15) is 19.8 Å². The van der Waals surface area contributed by atoms with Crippen LogP contribution >= 0.6 is 0 Å². The monoisotopic (exact) mass is 227 g/mol. The van der Waals surface area contributed by atoms with Crippen molar-refractivity contribution in [2.75, 3.05) is 26.4 Å². The fraction of sp³-hybridized carbons (Fsp3) is 0.636. The third kappa shape index (κ3) is 7.97. The van der Waals surface area contributed by atoms with Gasteiger partial charge in [-0.2, -0.15) is 5.26 Å². The highest BCUT2D eigenvalue weighted by molar-refractivity contribution is 5.90. The van der Waals surface area contributed by atoms with Crippen LogP contribution in [0.2, 0.25) is 0 Å². The van der Waals surface area contributed by atoms with Gasteiger partial charge in [0.15, 0.2) is 0 Å². The summed E-state index contributed by atoms with van der Waals surface area (Å²) in [5.74, 6) is -1.20. The van der Waals surface area contributed by atoms with Crippen molar-refractivity contribution in [3.8, 4) is 6.07 Å². The molecule has 0 heterocycles. The molecule has 16 heavy (non-hydrogen) atoms. The number of carboxylic acids is 1. The number of nitriles is 1. The van der Waals surface area contributed by atoms with Crippen molar-refractivity contribution in [3.05, 3.63) is 11.6 Å². The minimum absolute atomic E-state index is 0.245. The molecule has 0 fully saturated rings. The lowest BCUT2D eigenvalue weighted by Crippen LogP contribution is -2.06. The van der Waals surface area contributed by atoms with E-state index in [0.29, 0.717) is 26.2 Å². The quantitative estimate of drug-likeness (QED) is 0.365. The number of carboxylic acid groups (broad SMARTS) is 1. The van der Waals surface area contributed by atoms with Crippen LogP contribution in [0.3, 0.4) is 0 Å². The van der Waals surface area contributed by atoms with E-state index in [1.54, 1.807) is 6.07 Å². The van der Waals surface area contributed by atoms with Crippen LogP contribution in [0, 0.1) is 11.3 Å². The molecule has 0 bridgehead atoms. The molecule has 0 aromatic carbocycles. The lowest BCUT2D eigenvalue weighted by Gasteiger charge is -2.03. The number of hydrogen-bond acceptors (Lipinski definition) is 4. The number of nitrogens with zero attached hydrogens (tertiary/aromatic N) is 1. The molecule has 0 aromatic heterocycles. The summed E-state index contributed by atoms with van der Waals surface area (Å²) in [6, 6.07) is 1.60. The molecule has 0 aliphatic heterocycles. The first-order valence-electron chi connectivity index (χ1n) is 5.21. The van der Waals surface area contributed by atoms with Gasteiger partial charge in [-0.1, -0.05) is 13.0 Å². The van der Waals surface area contributed by atoms with E-state index in [4.69, 9.17) is 19.8 Å². The minimum atomic E-state index is -1.20. The van der Waals surface area contributed by atoms with Crippen LogP contribution in [-0.2, 0) is 14.3 Å². The molecule has 1 N–H and O–H groups in total. The van der Waals surface area contributed by atoms with E-state index in [2.05, 4.69) is 0 Å². The van der Waals surface area contributed by atoms with Gasteiger partial charge in [0, 0.05) is 6.61 Å². The smallest absolute Gasteiger partial charge is 0.346 e. The molecule has 0 aliphatic rings. The highest BCUT2D eigenvalue weighted by atomic mass is 16.5. The summed E-state index contributed by atoms with van der Waals surface area (Å²) in [6.07, 6.45) is 2.76. The largest absolute Gasteiger partial charge is 0.477 e. The Morgan fingerprint density at radius 3 is 2.44 bits per heavy atom. The van der Waals surface area contributed by atoms with Gasteiger partial charge in [-0.3, -0.25) is 0 Å². The van der Waals surface area contributed by atoms with Gasteiger partial charge >= 0.3 is 5.97 Å². The number of rotatable bonds is 9. The molecule has 0 radical (unpaired) electrons. The summed E-state index contributed by atoms with van der Waals surface area (Å²) >= 11 is 0. The van der Waals surface area contributed by atoms with Crippen molar-refractivity contribution in [1.82, 2.24) is 0 Å². The van der Waals surface area contributed by atoms with Crippen LogP contribution < -0.4 is 0 Å². The number of ether oxygens (including phenoxy) is 2. The van der Waals surface area contributed by atoms with Gasteiger partial charge in [-0.05, 0) is 12.8 Å². The van der Waals surface area contributed by atoms with Gasteiger partial charge < -0.3 is 14.6 Å². The molecule has 0 atom stereocenters. The summed E-state index contributed by atoms with van der Waals surface area (Å²) in [4.78, 5) is 10.4. The summed E-state index contributed by atoms with van der Waals surface area (Å²) in [7, 11) is 0. The number of aliphatic carboxylic acids is 1. The van der Waals surface area contributed by atoms with Crippen molar-refractivity contribution in [2.45, 2.75) is 19.8 Å². The summed E-state index contributed by atoms with van der Waals surface area (Å²) in [5, 5.41) is 17.0. The van der Waals surface area contributed by atoms with Gasteiger partial charge in [0.05, 0.1) is 19.8 Å². The maximum Gasteiger partial charge on any atom is 0.346 e. The fourth-order valence-corrected chi connectivity index (χ4v) is 0.934. The van der Waals surface area contributed by atoms with E-state index in [1.165, 1.54) is 6.08 Å². The normalized spacial score (nSPS) is 11.1. The Hall–Kier alpha value is -1.38. The summed E-state index contributed by atoms with van der Waals surface area (Å²) in [6.45, 7) is 4.18. The molecule has 0 saturated carbocycles. The van der Waals surface area contributed by atoms with Gasteiger partial charge in [0.25, 0.3) is 0 Å². The first-order valence-corrected chi connectivity index (χ1v) is 5.21. The van der Waals surface area contributed by atoms with Crippen molar-refractivity contribution in [1.29, 1.82) is 5.26 Å². The lowest BCUT2D eigenvalue weighted by molar-refractivity contribution is -0.132. The Kier molecular flexibility index (Phi) is 9.27. The third-order valence-electron chi connectivity index (χ3n) is 1.68. The van der Waals surface area contributed by atoms with E-state index in [9.17, 15) is 4.79 Å². The molecule has 0 aliphatic carbocycles. The second-order valence-electron chi connectivity index (χ2n) is 3.05. The Morgan fingerprint density at radius 1 is 1.31 bits per heavy atom. The zero-order valence-corrected chi connectivity index (χ0v) is 9.44. The first-order chi connectivity index (χ1) is 7.72. The van der Waals surface area contributed by atoms with E-state index in [-0.39, 0.29) is 5.57 Å². The van der Waals surface area contributed by atoms with Gasteiger partial charge in [0.2, 0.25) is 0 Å². The van der Waals surface area contributed by atoms with Gasteiger partial charge in [0.1, 0.15) is 11.6 Å². The molecular weight excluding hydrogens is 210 g/mol. The van der Waals surface area contributed by atoms with Crippen molar-refractivity contribution in [3.63, 3.8) is 0 Å². The summed E-state index contributed by atoms with van der Waals surface area (Å²) in [5.41, 5.74) is -0.245. The van der Waals surface area contributed by atoms with Crippen molar-refractivity contribution >= 4 is 5.97 Å². The molecule has 5 nitrogen and oxygen atoms in total. The van der Waals surface area contributed by atoms with Crippen LogP contribution in [-0.4, -0.2) is 37.5 Å². The zero-order chi connectivity index (χ0) is 12.2. The Morgan fingerprint density at radius 2 is 1.94 bits per heavy atom. The van der Waals surface area contributed by atoms with Crippen LogP contribution in [0.25, 0.3) is 0 Å². The second kappa shape index (κ2) is 10.1. The summed E-state index contributed by atoms with van der Waals surface area (Å²) < 4.78 is 10.4. The predicted molar refractivity (Wildman–Crippen MR) is 57.9 cm³/mol. The number of carbonyl (C=O) groups is 1. The van der Waals surface area contributed by atoms with E-state index < -0.39 is 5.97 Å². The Bertz CT molecular complexity index is 268. The molecule has 0 saturated heterocycles. The van der Waals surface area contributed by atoms with E-state index >= 15 is 0 Å². The molecule has 0 unspecified atom stereocenters. The molecule has 90 valence electrons. The van der Waals surface area contributed by atoms with Crippen LogP contribution in [0.5, 0.6) is 0 Å². The van der Waals surface area contributed by atoms with E-state index in [1.807, 2.05) is 6.92 Å². The predicted octanol–water partition coefficient (Wildman–Crippen LogP) is 1.35. The first kappa shape index (κ1) is 14.6. The molecular formula is C11H17NO4. The second-order valence-corrected chi connectivity index (χ2v) is 3.05. The molecule has 0 amide bonds. The average Bonchev–Trinajstić information content (AvgIpc) is 2.26. The maximum absolute atomic E-state index is 10.4. The SMILES string of the molecule is CCCOCCOCCC=C(C#N)C(=O)O. The highest BCUT2D eigenvalue weighted by Crippen LogP contribution is 1.95. The fourth-order valence-electron chi connectivity index (χ4n) is 0.934. The van der Waals surface area contributed by atoms with Crippen LogP contribution in [0.4, 0.5) is 0 Å². The molecule has 0 aromatic rings. The van der Waals surface area contributed by atoms with Crippen molar-refractivity contribution < 1.29 is 19.4 Å². The lowest BCUT2D eigenvalue weighted by atomic mass is 10.2. The van der Waals surface area contributed by atoms with Gasteiger partial charge in [-0.25, -0.2) is 4.79 Å².